The van der Waals surface area contributed by atoms with Crippen LogP contribution in [0.15, 0.2) is 0 Å². The van der Waals surface area contributed by atoms with Gasteiger partial charge in [-0.2, -0.15) is 0 Å². The van der Waals surface area contributed by atoms with Crippen LogP contribution in [0.2, 0.25) is 0 Å². The minimum atomic E-state index is -1.49. The van der Waals surface area contributed by atoms with Crippen LogP contribution in [0.3, 0.4) is 0 Å². The average molecular weight is 184 g/mol. The van der Waals surface area contributed by atoms with Gasteiger partial charge in [0.05, 0.1) is 12.6 Å². The number of carboxylic acids is 1. The zero-order valence-corrected chi connectivity index (χ0v) is 9.58. The first-order chi connectivity index (χ1) is 5.18. The van der Waals surface area contributed by atoms with Crippen LogP contribution in [0.1, 0.15) is 19.8 Å². The Morgan fingerprint density at radius 1 is 1.67 bits per heavy atom. The molecule has 0 aliphatic heterocycles. The van der Waals surface area contributed by atoms with Gasteiger partial charge in [-0.3, -0.25) is 0 Å². The van der Waals surface area contributed by atoms with E-state index < -0.39 is 12.1 Å². The van der Waals surface area contributed by atoms with Crippen molar-refractivity contribution in [1.29, 1.82) is 0 Å². The SMILES string of the molecule is CCCCOCC(O)C(=O)[O-].[Na+]. The molecule has 0 aliphatic rings. The first-order valence-electron chi connectivity index (χ1n) is 3.65. The topological polar surface area (TPSA) is 69.6 Å². The second-order valence-electron chi connectivity index (χ2n) is 2.26. The van der Waals surface area contributed by atoms with Crippen LogP contribution < -0.4 is 34.7 Å². The van der Waals surface area contributed by atoms with Crippen molar-refractivity contribution in [2.24, 2.45) is 0 Å². The van der Waals surface area contributed by atoms with Gasteiger partial charge in [0.25, 0.3) is 0 Å². The average Bonchev–Trinajstić information content (AvgIpc) is 1.97. The van der Waals surface area contributed by atoms with E-state index in [1.165, 1.54) is 0 Å². The Labute approximate surface area is 94.2 Å². The first-order valence-corrected chi connectivity index (χ1v) is 3.65. The number of rotatable bonds is 6. The summed E-state index contributed by atoms with van der Waals surface area (Å²) in [5, 5.41) is 18.6. The number of aliphatic hydroxyl groups is 1. The number of aliphatic carboxylic acids is 1. The number of unbranched alkanes of at least 4 members (excludes halogenated alkanes) is 1. The molecule has 1 unspecified atom stereocenters. The van der Waals surface area contributed by atoms with Crippen molar-refractivity contribution in [3.05, 3.63) is 0 Å². The predicted molar refractivity (Wildman–Crippen MR) is 36.7 cm³/mol. The van der Waals surface area contributed by atoms with E-state index in [1.54, 1.807) is 0 Å². The van der Waals surface area contributed by atoms with Gasteiger partial charge in [-0.05, 0) is 6.42 Å². The van der Waals surface area contributed by atoms with Crippen LogP contribution in [-0.4, -0.2) is 30.4 Å². The zero-order valence-electron chi connectivity index (χ0n) is 7.58. The molecule has 4 nitrogen and oxygen atoms in total. The molecule has 0 radical (unpaired) electrons. The quantitative estimate of drug-likeness (QED) is 0.336. The van der Waals surface area contributed by atoms with E-state index in [9.17, 15) is 9.90 Å². The smallest absolute Gasteiger partial charge is 0.547 e. The van der Waals surface area contributed by atoms with E-state index >= 15 is 0 Å². The predicted octanol–water partition coefficient (Wildman–Crippen LogP) is -4.08. The molecule has 1 N–H and O–H groups in total. The fourth-order valence-electron chi connectivity index (χ4n) is 0.509. The molecular formula is C7H13NaO4. The fourth-order valence-corrected chi connectivity index (χ4v) is 0.509. The molecule has 0 aromatic rings. The maximum Gasteiger partial charge on any atom is 1.00 e. The normalized spacial score (nSPS) is 11.8. The number of carbonyl (C=O) groups is 1. The number of carboxylic acid groups (broad SMARTS) is 1. The Hall–Kier alpha value is 0.390. The van der Waals surface area contributed by atoms with Crippen molar-refractivity contribution in [2.75, 3.05) is 13.2 Å². The Kier molecular flexibility index (Phi) is 11.8. The van der Waals surface area contributed by atoms with Crippen LogP contribution >= 0.6 is 0 Å². The zero-order chi connectivity index (χ0) is 8.69. The van der Waals surface area contributed by atoms with E-state index in [0.717, 1.165) is 12.8 Å². The molecule has 0 aromatic carbocycles. The van der Waals surface area contributed by atoms with Crippen molar-refractivity contribution in [3.63, 3.8) is 0 Å². The Balaban J connectivity index is 0. The number of hydrogen-bond acceptors (Lipinski definition) is 4. The van der Waals surface area contributed by atoms with Gasteiger partial charge in [-0.1, -0.05) is 13.3 Å². The van der Waals surface area contributed by atoms with E-state index in [0.29, 0.717) is 6.61 Å². The summed E-state index contributed by atoms with van der Waals surface area (Å²) in [7, 11) is 0. The first kappa shape index (κ1) is 14.9. The van der Waals surface area contributed by atoms with Gasteiger partial charge in [-0.25, -0.2) is 0 Å². The van der Waals surface area contributed by atoms with Gasteiger partial charge in [0.2, 0.25) is 0 Å². The molecule has 0 fully saturated rings. The Morgan fingerprint density at radius 2 is 2.25 bits per heavy atom. The maximum atomic E-state index is 9.92. The molecule has 0 saturated carbocycles. The van der Waals surface area contributed by atoms with Crippen LogP contribution in [0, 0.1) is 0 Å². The second-order valence-corrected chi connectivity index (χ2v) is 2.26. The van der Waals surface area contributed by atoms with Gasteiger partial charge in [0, 0.05) is 6.61 Å². The number of ether oxygens (including phenoxy) is 1. The number of hydrogen-bond donors (Lipinski definition) is 1. The molecule has 1 atom stereocenters. The minimum absolute atomic E-state index is 0. The largest absolute Gasteiger partial charge is 1.00 e. The summed E-state index contributed by atoms with van der Waals surface area (Å²) in [5.74, 6) is -1.48. The van der Waals surface area contributed by atoms with Crippen LogP contribution in [0.5, 0.6) is 0 Å². The van der Waals surface area contributed by atoms with Crippen molar-refractivity contribution >= 4 is 5.97 Å². The molecule has 0 amide bonds. The van der Waals surface area contributed by atoms with Crippen LogP contribution in [-0.2, 0) is 9.53 Å². The Bertz CT molecular complexity index is 118. The summed E-state index contributed by atoms with van der Waals surface area (Å²) < 4.78 is 4.83. The minimum Gasteiger partial charge on any atom is -0.547 e. The van der Waals surface area contributed by atoms with Gasteiger partial charge < -0.3 is 19.7 Å². The third-order valence-corrected chi connectivity index (χ3v) is 1.19. The Morgan fingerprint density at radius 3 is 2.67 bits per heavy atom. The van der Waals surface area contributed by atoms with Crippen molar-refractivity contribution in [2.45, 2.75) is 25.9 Å². The summed E-state index contributed by atoms with van der Waals surface area (Å²) in [6.07, 6.45) is 0.369. The molecule has 12 heavy (non-hydrogen) atoms. The van der Waals surface area contributed by atoms with E-state index in [4.69, 9.17) is 9.84 Å². The van der Waals surface area contributed by atoms with Gasteiger partial charge in [0.1, 0.15) is 6.10 Å². The van der Waals surface area contributed by atoms with Crippen molar-refractivity contribution < 1.29 is 49.3 Å². The molecule has 0 heterocycles. The summed E-state index contributed by atoms with van der Waals surface area (Å²) in [6.45, 7) is 2.31. The van der Waals surface area contributed by atoms with Gasteiger partial charge in [0.15, 0.2) is 0 Å². The molecule has 0 rings (SSSR count). The third kappa shape index (κ3) is 8.49. The van der Waals surface area contributed by atoms with E-state index in [2.05, 4.69) is 0 Å². The van der Waals surface area contributed by atoms with Gasteiger partial charge >= 0.3 is 29.6 Å². The summed E-state index contributed by atoms with van der Waals surface area (Å²) in [4.78, 5) is 9.92. The molecular weight excluding hydrogens is 171 g/mol. The van der Waals surface area contributed by atoms with E-state index in [-0.39, 0.29) is 36.2 Å². The van der Waals surface area contributed by atoms with Crippen molar-refractivity contribution in [1.82, 2.24) is 0 Å². The molecule has 0 aliphatic carbocycles. The van der Waals surface area contributed by atoms with Gasteiger partial charge in [-0.15, -0.1) is 0 Å². The summed E-state index contributed by atoms with van der Waals surface area (Å²) in [6, 6.07) is 0. The summed E-state index contributed by atoms with van der Waals surface area (Å²) >= 11 is 0. The summed E-state index contributed by atoms with van der Waals surface area (Å²) in [5.41, 5.74) is 0. The molecule has 0 saturated heterocycles. The molecule has 66 valence electrons. The van der Waals surface area contributed by atoms with Crippen LogP contribution in [0.25, 0.3) is 0 Å². The van der Waals surface area contributed by atoms with E-state index in [1.807, 2.05) is 6.92 Å². The number of aliphatic hydroxyl groups excluding tert-OH is 1. The third-order valence-electron chi connectivity index (χ3n) is 1.19. The monoisotopic (exact) mass is 184 g/mol. The maximum absolute atomic E-state index is 9.92. The molecule has 0 aromatic heterocycles. The molecule has 0 spiro atoms. The fraction of sp³-hybridized carbons (Fsp3) is 0.857. The standard InChI is InChI=1S/C7H14O4.Na/c1-2-3-4-11-5-6(8)7(9)10;/h6,8H,2-5H2,1H3,(H,9,10);/q;+1/p-1. The molecule has 5 heteroatoms. The van der Waals surface area contributed by atoms with Crippen molar-refractivity contribution in [3.8, 4) is 0 Å². The second kappa shape index (κ2) is 9.48. The number of carbonyl (C=O) groups excluding carboxylic acids is 1. The van der Waals surface area contributed by atoms with Crippen LogP contribution in [0.4, 0.5) is 0 Å². The molecule has 0 bridgehead atoms.